The van der Waals surface area contributed by atoms with Crippen molar-refractivity contribution in [2.24, 2.45) is 0 Å². The van der Waals surface area contributed by atoms with Crippen molar-refractivity contribution in [1.29, 1.82) is 0 Å². The van der Waals surface area contributed by atoms with Crippen LogP contribution in [-0.2, 0) is 14.3 Å². The van der Waals surface area contributed by atoms with E-state index in [2.05, 4.69) is 4.74 Å². The van der Waals surface area contributed by atoms with Crippen LogP contribution < -0.4 is 0 Å². The van der Waals surface area contributed by atoms with Crippen LogP contribution in [0.5, 0.6) is 0 Å². The maximum atomic E-state index is 11.0. The molecule has 12 heavy (non-hydrogen) atoms. The number of carbonyl (C=O) groups is 2. The average molecular weight is 166 g/mol. The first-order valence-electron chi connectivity index (χ1n) is 3.73. The third kappa shape index (κ3) is 2.34. The smallest absolute Gasteiger partial charge is 0.302 e. The predicted molar refractivity (Wildman–Crippen MR) is 43.5 cm³/mol. The molecule has 0 fully saturated rings. The van der Waals surface area contributed by atoms with Crippen molar-refractivity contribution < 1.29 is 14.3 Å². The summed E-state index contributed by atoms with van der Waals surface area (Å²) in [6, 6.07) is 0. The number of ketones is 1. The van der Waals surface area contributed by atoms with Crippen molar-refractivity contribution in [2.75, 3.05) is 6.61 Å². The molecule has 0 amide bonds. The highest BCUT2D eigenvalue weighted by molar-refractivity contribution is 6.06. The number of esters is 1. The molecule has 0 saturated carbocycles. The second-order valence-corrected chi connectivity index (χ2v) is 2.50. The molecule has 0 heterocycles. The Hall–Kier alpha value is -1.38. The summed E-state index contributed by atoms with van der Waals surface area (Å²) in [6.07, 6.45) is 5.62. The lowest BCUT2D eigenvalue weighted by atomic mass is 10.2. The zero-order valence-electron chi connectivity index (χ0n) is 6.87. The van der Waals surface area contributed by atoms with Gasteiger partial charge in [-0.2, -0.15) is 0 Å². The van der Waals surface area contributed by atoms with Gasteiger partial charge in [0.25, 0.3) is 0 Å². The van der Waals surface area contributed by atoms with E-state index in [1.165, 1.54) is 13.0 Å². The number of hydrogen-bond donors (Lipinski definition) is 0. The molecule has 64 valence electrons. The van der Waals surface area contributed by atoms with Crippen LogP contribution in [0.1, 0.15) is 13.3 Å². The standard InChI is InChI=1S/C9H10O3/c1-7(10)12-6-5-8-3-2-4-9(8)11/h2,4-5H,3,6H2,1H3/b8-5+. The highest BCUT2D eigenvalue weighted by atomic mass is 16.5. The number of carbonyl (C=O) groups excluding carboxylic acids is 2. The molecule has 3 heteroatoms. The number of ether oxygens (including phenoxy) is 1. The van der Waals surface area contributed by atoms with Gasteiger partial charge in [-0.05, 0) is 18.6 Å². The van der Waals surface area contributed by atoms with Gasteiger partial charge in [0, 0.05) is 12.5 Å². The van der Waals surface area contributed by atoms with E-state index in [9.17, 15) is 9.59 Å². The summed E-state index contributed by atoms with van der Waals surface area (Å²) in [5.41, 5.74) is 0.705. The minimum absolute atomic E-state index is 0.0159. The monoisotopic (exact) mass is 166 g/mol. The van der Waals surface area contributed by atoms with Crippen molar-refractivity contribution in [3.8, 4) is 0 Å². The Morgan fingerprint density at radius 1 is 1.75 bits per heavy atom. The third-order valence-corrected chi connectivity index (χ3v) is 1.54. The van der Waals surface area contributed by atoms with Crippen molar-refractivity contribution >= 4 is 11.8 Å². The SMILES string of the molecule is CC(=O)OC/C=C1\CC=CC1=O. The molecular formula is C9H10O3. The number of allylic oxidation sites excluding steroid dienone is 3. The van der Waals surface area contributed by atoms with Gasteiger partial charge in [-0.25, -0.2) is 0 Å². The Bertz CT molecular complexity index is 261. The molecule has 1 aliphatic rings. The fraction of sp³-hybridized carbons (Fsp3) is 0.333. The van der Waals surface area contributed by atoms with Gasteiger partial charge < -0.3 is 4.74 Å². The fourth-order valence-electron chi connectivity index (χ4n) is 0.944. The van der Waals surface area contributed by atoms with E-state index < -0.39 is 0 Å². The normalized spacial score (nSPS) is 18.8. The Morgan fingerprint density at radius 3 is 3.00 bits per heavy atom. The van der Waals surface area contributed by atoms with Gasteiger partial charge in [-0.1, -0.05) is 6.08 Å². The zero-order chi connectivity index (χ0) is 8.97. The highest BCUT2D eigenvalue weighted by Gasteiger charge is 2.09. The molecule has 0 aromatic rings. The second-order valence-electron chi connectivity index (χ2n) is 2.50. The van der Waals surface area contributed by atoms with Crippen LogP contribution in [0.4, 0.5) is 0 Å². The Morgan fingerprint density at radius 2 is 2.50 bits per heavy atom. The van der Waals surface area contributed by atoms with Crippen molar-refractivity contribution in [3.63, 3.8) is 0 Å². The van der Waals surface area contributed by atoms with Crippen LogP contribution in [-0.4, -0.2) is 18.4 Å². The van der Waals surface area contributed by atoms with Crippen molar-refractivity contribution in [3.05, 3.63) is 23.8 Å². The minimum atomic E-state index is -0.328. The molecule has 0 aromatic heterocycles. The van der Waals surface area contributed by atoms with Gasteiger partial charge in [0.2, 0.25) is 0 Å². The summed E-state index contributed by atoms with van der Waals surface area (Å²) in [7, 11) is 0. The zero-order valence-corrected chi connectivity index (χ0v) is 6.87. The van der Waals surface area contributed by atoms with Crippen molar-refractivity contribution in [2.45, 2.75) is 13.3 Å². The molecule has 0 radical (unpaired) electrons. The maximum absolute atomic E-state index is 11.0. The quantitative estimate of drug-likeness (QED) is 0.454. The maximum Gasteiger partial charge on any atom is 0.302 e. The molecule has 0 aromatic carbocycles. The van der Waals surface area contributed by atoms with E-state index in [-0.39, 0.29) is 18.4 Å². The van der Waals surface area contributed by atoms with Crippen LogP contribution in [0.15, 0.2) is 23.8 Å². The summed E-state index contributed by atoms with van der Waals surface area (Å²) in [5.74, 6) is -0.313. The first kappa shape index (κ1) is 8.71. The van der Waals surface area contributed by atoms with Gasteiger partial charge in [0.15, 0.2) is 5.78 Å². The first-order chi connectivity index (χ1) is 5.70. The summed E-state index contributed by atoms with van der Waals surface area (Å²) in [6.45, 7) is 1.53. The van der Waals surface area contributed by atoms with E-state index in [0.717, 1.165) is 0 Å². The van der Waals surface area contributed by atoms with Crippen LogP contribution in [0, 0.1) is 0 Å². The van der Waals surface area contributed by atoms with Crippen LogP contribution >= 0.6 is 0 Å². The molecule has 1 aliphatic carbocycles. The van der Waals surface area contributed by atoms with Crippen LogP contribution in [0.2, 0.25) is 0 Å². The van der Waals surface area contributed by atoms with E-state index >= 15 is 0 Å². The van der Waals surface area contributed by atoms with Crippen LogP contribution in [0.25, 0.3) is 0 Å². The minimum Gasteiger partial charge on any atom is -0.462 e. The molecule has 0 bridgehead atoms. The van der Waals surface area contributed by atoms with Gasteiger partial charge in [0.05, 0.1) is 0 Å². The lowest BCUT2D eigenvalue weighted by Gasteiger charge is -1.96. The third-order valence-electron chi connectivity index (χ3n) is 1.54. The molecular weight excluding hydrogens is 156 g/mol. The summed E-state index contributed by atoms with van der Waals surface area (Å²) < 4.78 is 4.66. The lowest BCUT2D eigenvalue weighted by Crippen LogP contribution is -2.00. The van der Waals surface area contributed by atoms with Crippen LogP contribution in [0.3, 0.4) is 0 Å². The van der Waals surface area contributed by atoms with Gasteiger partial charge >= 0.3 is 5.97 Å². The van der Waals surface area contributed by atoms with Crippen molar-refractivity contribution in [1.82, 2.24) is 0 Å². The largest absolute Gasteiger partial charge is 0.462 e. The summed E-state index contributed by atoms with van der Waals surface area (Å²) >= 11 is 0. The number of hydrogen-bond acceptors (Lipinski definition) is 3. The predicted octanol–water partition coefficient (Wildman–Crippen LogP) is 1.00. The molecule has 0 unspecified atom stereocenters. The van der Waals surface area contributed by atoms with E-state index in [4.69, 9.17) is 0 Å². The molecule has 3 nitrogen and oxygen atoms in total. The summed E-state index contributed by atoms with van der Waals surface area (Å²) in [4.78, 5) is 21.3. The lowest BCUT2D eigenvalue weighted by molar-refractivity contribution is -0.139. The molecule has 0 saturated heterocycles. The molecule has 0 atom stereocenters. The van der Waals surface area contributed by atoms with E-state index in [1.807, 2.05) is 0 Å². The first-order valence-corrected chi connectivity index (χ1v) is 3.73. The molecule has 0 aliphatic heterocycles. The Kier molecular flexibility index (Phi) is 2.80. The Labute approximate surface area is 70.7 Å². The van der Waals surface area contributed by atoms with Gasteiger partial charge in [-0.3, -0.25) is 9.59 Å². The Balaban J connectivity index is 2.38. The van der Waals surface area contributed by atoms with Gasteiger partial charge in [0.1, 0.15) is 6.61 Å². The van der Waals surface area contributed by atoms with Gasteiger partial charge in [-0.15, -0.1) is 0 Å². The summed E-state index contributed by atoms with van der Waals surface area (Å²) in [5, 5.41) is 0. The fourth-order valence-corrected chi connectivity index (χ4v) is 0.944. The molecule has 0 spiro atoms. The second kappa shape index (κ2) is 3.85. The highest BCUT2D eigenvalue weighted by Crippen LogP contribution is 2.12. The molecule has 1 rings (SSSR count). The average Bonchev–Trinajstić information content (AvgIpc) is 2.36. The van der Waals surface area contributed by atoms with E-state index in [1.54, 1.807) is 12.2 Å². The topological polar surface area (TPSA) is 43.4 Å². The number of rotatable bonds is 2. The van der Waals surface area contributed by atoms with E-state index in [0.29, 0.717) is 12.0 Å². The molecule has 0 N–H and O–H groups in total.